The second-order valence-corrected chi connectivity index (χ2v) is 2.45. The fraction of sp³-hybridized carbons (Fsp3) is 0.500. The van der Waals surface area contributed by atoms with E-state index in [9.17, 15) is 0 Å². The molecule has 3 heteroatoms. The second-order valence-electron chi connectivity index (χ2n) is 2.45. The molecule has 0 aliphatic heterocycles. The van der Waals surface area contributed by atoms with E-state index in [1.807, 2.05) is 31.7 Å². The van der Waals surface area contributed by atoms with Crippen LogP contribution in [0, 0.1) is 6.92 Å². The third-order valence-corrected chi connectivity index (χ3v) is 1.57. The molecule has 0 aliphatic rings. The normalized spacial score (nSPS) is 11.2. The van der Waals surface area contributed by atoms with E-state index in [0.717, 1.165) is 17.9 Å². The summed E-state index contributed by atoms with van der Waals surface area (Å²) in [6.45, 7) is 4.82. The molecule has 1 rings (SSSR count). The largest absolute Gasteiger partial charge is 0.333 e. The third-order valence-electron chi connectivity index (χ3n) is 1.57. The van der Waals surface area contributed by atoms with Crippen molar-refractivity contribution in [1.29, 1.82) is 0 Å². The van der Waals surface area contributed by atoms with Gasteiger partial charge in [0.15, 0.2) is 0 Å². The Hall–Kier alpha value is -1.12. The monoisotopic (exact) mass is 151 g/mol. The summed E-state index contributed by atoms with van der Waals surface area (Å²) in [6, 6.07) is 0. The average Bonchev–Trinajstić information content (AvgIpc) is 2.29. The summed E-state index contributed by atoms with van der Waals surface area (Å²) < 4.78 is 1.97. The molecule has 0 bridgehead atoms. The van der Waals surface area contributed by atoms with Gasteiger partial charge in [-0.1, -0.05) is 0 Å². The van der Waals surface area contributed by atoms with E-state index in [0.29, 0.717) is 0 Å². The number of aromatic nitrogens is 2. The fourth-order valence-corrected chi connectivity index (χ4v) is 0.919. The van der Waals surface area contributed by atoms with E-state index in [2.05, 4.69) is 9.98 Å². The van der Waals surface area contributed by atoms with Gasteiger partial charge < -0.3 is 4.57 Å². The molecule has 1 aromatic rings. The highest BCUT2D eigenvalue weighted by Crippen LogP contribution is 2.00. The van der Waals surface area contributed by atoms with Gasteiger partial charge in [-0.15, -0.1) is 0 Å². The fourth-order valence-electron chi connectivity index (χ4n) is 0.919. The molecule has 1 aromatic heterocycles. The molecular formula is C8H13N3. The van der Waals surface area contributed by atoms with Gasteiger partial charge in [-0.25, -0.2) is 4.98 Å². The van der Waals surface area contributed by atoms with E-state index in [1.54, 1.807) is 6.33 Å². The predicted octanol–water partition coefficient (Wildman–Crippen LogP) is 1.17. The van der Waals surface area contributed by atoms with Gasteiger partial charge in [0.05, 0.1) is 17.7 Å². The van der Waals surface area contributed by atoms with E-state index < -0.39 is 0 Å². The van der Waals surface area contributed by atoms with Crippen LogP contribution < -0.4 is 0 Å². The van der Waals surface area contributed by atoms with E-state index in [-0.39, 0.29) is 0 Å². The Morgan fingerprint density at radius 2 is 2.45 bits per heavy atom. The average molecular weight is 151 g/mol. The molecule has 0 aliphatic carbocycles. The van der Waals surface area contributed by atoms with Gasteiger partial charge in [-0.3, -0.25) is 4.99 Å². The molecule has 0 N–H and O–H groups in total. The minimum Gasteiger partial charge on any atom is -0.333 e. The smallest absolute Gasteiger partial charge is 0.0951 e. The quantitative estimate of drug-likeness (QED) is 0.583. The maximum absolute atomic E-state index is 4.15. The minimum absolute atomic E-state index is 0.824. The molecule has 0 amide bonds. The second kappa shape index (κ2) is 3.32. The van der Waals surface area contributed by atoms with Gasteiger partial charge in [0.25, 0.3) is 0 Å². The topological polar surface area (TPSA) is 30.2 Å². The first kappa shape index (κ1) is 7.98. The summed E-state index contributed by atoms with van der Waals surface area (Å²) in [5.74, 6) is 0. The van der Waals surface area contributed by atoms with Crippen LogP contribution in [0.2, 0.25) is 0 Å². The standard InChI is InChI=1S/C8H13N3/c1-4-9-5-8-7(2)10-6-11(8)3/h5-6H,4H2,1-3H3. The summed E-state index contributed by atoms with van der Waals surface area (Å²) >= 11 is 0. The van der Waals surface area contributed by atoms with Gasteiger partial charge >= 0.3 is 0 Å². The maximum atomic E-state index is 4.15. The van der Waals surface area contributed by atoms with Crippen LogP contribution in [0.1, 0.15) is 18.3 Å². The molecular weight excluding hydrogens is 138 g/mol. The first-order valence-corrected chi connectivity index (χ1v) is 3.73. The van der Waals surface area contributed by atoms with Crippen molar-refractivity contribution in [3.63, 3.8) is 0 Å². The van der Waals surface area contributed by atoms with E-state index in [1.165, 1.54) is 0 Å². The lowest BCUT2D eigenvalue weighted by Crippen LogP contribution is -1.95. The molecule has 0 spiro atoms. The molecule has 60 valence electrons. The number of nitrogens with zero attached hydrogens (tertiary/aromatic N) is 3. The van der Waals surface area contributed by atoms with Crippen molar-refractivity contribution in [2.75, 3.05) is 6.54 Å². The Labute approximate surface area is 66.8 Å². The van der Waals surface area contributed by atoms with Gasteiger partial charge in [0.1, 0.15) is 0 Å². The highest BCUT2D eigenvalue weighted by Gasteiger charge is 1.98. The number of aliphatic imine (C=N–C) groups is 1. The Balaban J connectivity index is 2.92. The Morgan fingerprint density at radius 3 is 2.91 bits per heavy atom. The summed E-state index contributed by atoms with van der Waals surface area (Å²) in [6.07, 6.45) is 3.66. The van der Waals surface area contributed by atoms with E-state index in [4.69, 9.17) is 0 Å². The number of hydrogen-bond donors (Lipinski definition) is 0. The van der Waals surface area contributed by atoms with Crippen molar-refractivity contribution in [2.24, 2.45) is 12.0 Å². The summed E-state index contributed by atoms with van der Waals surface area (Å²) in [5, 5.41) is 0. The van der Waals surface area contributed by atoms with Gasteiger partial charge in [-0.2, -0.15) is 0 Å². The molecule has 0 atom stereocenters. The zero-order valence-electron chi connectivity index (χ0n) is 7.20. The Morgan fingerprint density at radius 1 is 1.73 bits per heavy atom. The van der Waals surface area contributed by atoms with Gasteiger partial charge in [0.2, 0.25) is 0 Å². The molecule has 11 heavy (non-hydrogen) atoms. The molecule has 0 saturated carbocycles. The number of aryl methyl sites for hydroxylation is 2. The van der Waals surface area contributed by atoms with Gasteiger partial charge in [-0.05, 0) is 13.8 Å². The highest BCUT2D eigenvalue weighted by molar-refractivity contribution is 5.78. The summed E-state index contributed by atoms with van der Waals surface area (Å²) in [5.41, 5.74) is 2.12. The molecule has 0 fully saturated rings. The first-order valence-electron chi connectivity index (χ1n) is 3.73. The molecule has 3 nitrogen and oxygen atoms in total. The molecule has 0 unspecified atom stereocenters. The van der Waals surface area contributed by atoms with Crippen LogP contribution >= 0.6 is 0 Å². The van der Waals surface area contributed by atoms with Crippen LogP contribution in [0.25, 0.3) is 0 Å². The molecule has 0 saturated heterocycles. The lowest BCUT2D eigenvalue weighted by molar-refractivity contribution is 0.903. The predicted molar refractivity (Wildman–Crippen MR) is 46.1 cm³/mol. The Kier molecular flexibility index (Phi) is 2.41. The van der Waals surface area contributed by atoms with E-state index >= 15 is 0 Å². The van der Waals surface area contributed by atoms with Crippen LogP contribution in [-0.2, 0) is 7.05 Å². The van der Waals surface area contributed by atoms with Crippen LogP contribution in [0.4, 0.5) is 0 Å². The number of hydrogen-bond acceptors (Lipinski definition) is 2. The lowest BCUT2D eigenvalue weighted by atomic mass is 10.4. The van der Waals surface area contributed by atoms with Crippen molar-refractivity contribution < 1.29 is 0 Å². The van der Waals surface area contributed by atoms with Crippen LogP contribution in [0.3, 0.4) is 0 Å². The summed E-state index contributed by atoms with van der Waals surface area (Å²) in [4.78, 5) is 8.29. The molecule has 0 aromatic carbocycles. The first-order chi connectivity index (χ1) is 5.25. The van der Waals surface area contributed by atoms with Crippen molar-refractivity contribution in [3.05, 3.63) is 17.7 Å². The van der Waals surface area contributed by atoms with Crippen molar-refractivity contribution in [2.45, 2.75) is 13.8 Å². The SMILES string of the molecule is CCN=Cc1c(C)ncn1C. The lowest BCUT2D eigenvalue weighted by Gasteiger charge is -1.94. The van der Waals surface area contributed by atoms with Crippen LogP contribution in [0.15, 0.2) is 11.3 Å². The molecule has 1 heterocycles. The zero-order valence-corrected chi connectivity index (χ0v) is 7.20. The van der Waals surface area contributed by atoms with Crippen LogP contribution in [-0.4, -0.2) is 22.3 Å². The highest BCUT2D eigenvalue weighted by atomic mass is 15.0. The van der Waals surface area contributed by atoms with Crippen molar-refractivity contribution in [1.82, 2.24) is 9.55 Å². The van der Waals surface area contributed by atoms with Crippen LogP contribution in [0.5, 0.6) is 0 Å². The third kappa shape index (κ3) is 1.67. The zero-order chi connectivity index (χ0) is 8.27. The number of imidazole rings is 1. The van der Waals surface area contributed by atoms with Crippen molar-refractivity contribution in [3.8, 4) is 0 Å². The maximum Gasteiger partial charge on any atom is 0.0951 e. The van der Waals surface area contributed by atoms with Crippen molar-refractivity contribution >= 4 is 6.21 Å². The number of rotatable bonds is 2. The Bertz CT molecular complexity index is 241. The summed E-state index contributed by atoms with van der Waals surface area (Å²) in [7, 11) is 1.97. The minimum atomic E-state index is 0.824. The van der Waals surface area contributed by atoms with Gasteiger partial charge in [0, 0.05) is 19.8 Å². The molecule has 0 radical (unpaired) electrons.